The maximum atomic E-state index is 4.41. The minimum Gasteiger partial charge on any atom is -0.288 e. The molecule has 3 aromatic rings. The molecule has 0 saturated carbocycles. The molecule has 0 atom stereocenters. The van der Waals surface area contributed by atoms with Crippen molar-refractivity contribution >= 4 is 0 Å². The van der Waals surface area contributed by atoms with Crippen LogP contribution in [0.3, 0.4) is 0 Å². The molecule has 0 fully saturated rings. The zero-order valence-electron chi connectivity index (χ0n) is 9.85. The van der Waals surface area contributed by atoms with E-state index in [0.717, 1.165) is 22.8 Å². The van der Waals surface area contributed by atoms with Crippen LogP contribution in [0.5, 0.6) is 0 Å². The lowest BCUT2D eigenvalue weighted by Gasteiger charge is -2.05. The van der Waals surface area contributed by atoms with Gasteiger partial charge in [-0.15, -0.1) is 10.2 Å². The van der Waals surface area contributed by atoms with E-state index < -0.39 is 0 Å². The van der Waals surface area contributed by atoms with Crippen molar-refractivity contribution in [1.29, 1.82) is 0 Å². The Hall–Kier alpha value is -2.56. The molecule has 88 valence electrons. The Bertz CT molecular complexity index is 661. The first-order chi connectivity index (χ1) is 8.83. The number of benzene rings is 1. The summed E-state index contributed by atoms with van der Waals surface area (Å²) in [5, 5.41) is 7.60. The third kappa shape index (κ3) is 1.98. The molecule has 0 aliphatic carbocycles. The zero-order valence-corrected chi connectivity index (χ0v) is 9.85. The minimum atomic E-state index is 0.766. The molecule has 18 heavy (non-hydrogen) atoms. The van der Waals surface area contributed by atoms with E-state index in [9.17, 15) is 0 Å². The van der Waals surface area contributed by atoms with Crippen molar-refractivity contribution < 1.29 is 0 Å². The van der Waals surface area contributed by atoms with Gasteiger partial charge in [0.05, 0.1) is 5.69 Å². The summed E-state index contributed by atoms with van der Waals surface area (Å²) in [6, 6.07) is 9.96. The number of hydrogen-bond acceptors (Lipinski definition) is 4. The monoisotopic (exact) mass is 237 g/mol. The highest BCUT2D eigenvalue weighted by atomic mass is 15.2. The van der Waals surface area contributed by atoms with Crippen molar-refractivity contribution in [2.75, 3.05) is 0 Å². The van der Waals surface area contributed by atoms with Crippen LogP contribution in [-0.4, -0.2) is 24.7 Å². The second-order valence-corrected chi connectivity index (χ2v) is 3.91. The van der Waals surface area contributed by atoms with Crippen molar-refractivity contribution in [2.45, 2.75) is 6.92 Å². The molecule has 2 aromatic heterocycles. The van der Waals surface area contributed by atoms with Crippen molar-refractivity contribution in [3.05, 3.63) is 55.0 Å². The van der Waals surface area contributed by atoms with Gasteiger partial charge >= 0.3 is 0 Å². The number of hydrogen-bond donors (Lipinski definition) is 0. The Labute approximate surface area is 104 Å². The van der Waals surface area contributed by atoms with Crippen LogP contribution in [0.25, 0.3) is 16.9 Å². The molecule has 5 heteroatoms. The van der Waals surface area contributed by atoms with Gasteiger partial charge in [0.15, 0.2) is 0 Å². The van der Waals surface area contributed by atoms with Crippen LogP contribution in [0, 0.1) is 6.92 Å². The van der Waals surface area contributed by atoms with Crippen LogP contribution in [0.2, 0.25) is 0 Å². The fourth-order valence-electron chi connectivity index (χ4n) is 1.78. The lowest BCUT2D eigenvalue weighted by Crippen LogP contribution is -1.93. The molecule has 5 nitrogen and oxygen atoms in total. The summed E-state index contributed by atoms with van der Waals surface area (Å²) in [5.41, 5.74) is 2.97. The Kier molecular flexibility index (Phi) is 2.57. The lowest BCUT2D eigenvalue weighted by atomic mass is 10.1. The molecule has 0 unspecified atom stereocenters. The lowest BCUT2D eigenvalue weighted by molar-refractivity contribution is 1.05. The Morgan fingerprint density at radius 1 is 1.06 bits per heavy atom. The minimum absolute atomic E-state index is 0.766. The quantitative estimate of drug-likeness (QED) is 0.684. The molecule has 3 rings (SSSR count). The van der Waals surface area contributed by atoms with Gasteiger partial charge in [0.1, 0.15) is 18.5 Å². The predicted molar refractivity (Wildman–Crippen MR) is 67.1 cm³/mol. The molecule has 0 saturated heterocycles. The van der Waals surface area contributed by atoms with E-state index in [1.54, 1.807) is 18.9 Å². The van der Waals surface area contributed by atoms with E-state index in [0.29, 0.717) is 0 Å². The molecule has 0 amide bonds. The van der Waals surface area contributed by atoms with E-state index in [1.807, 2.05) is 41.8 Å². The molecule has 0 aliphatic rings. The molecule has 0 aliphatic heterocycles. The second-order valence-electron chi connectivity index (χ2n) is 3.91. The average molecular weight is 237 g/mol. The summed E-state index contributed by atoms with van der Waals surface area (Å²) < 4.78 is 1.86. The first kappa shape index (κ1) is 10.6. The Morgan fingerprint density at radius 3 is 2.67 bits per heavy atom. The van der Waals surface area contributed by atoms with Gasteiger partial charge in [-0.25, -0.2) is 9.97 Å². The first-order valence-corrected chi connectivity index (χ1v) is 5.58. The molecule has 1 aromatic carbocycles. The topological polar surface area (TPSA) is 56.5 Å². The van der Waals surface area contributed by atoms with Crippen LogP contribution in [0.4, 0.5) is 0 Å². The summed E-state index contributed by atoms with van der Waals surface area (Å²) in [4.78, 5) is 8.52. The predicted octanol–water partition coefficient (Wildman–Crippen LogP) is 2.03. The van der Waals surface area contributed by atoms with Gasteiger partial charge in [-0.3, -0.25) is 4.57 Å². The van der Waals surface area contributed by atoms with Crippen molar-refractivity contribution in [3.63, 3.8) is 0 Å². The normalized spacial score (nSPS) is 10.5. The molecule has 0 radical (unpaired) electrons. The van der Waals surface area contributed by atoms with Crippen molar-refractivity contribution in [2.24, 2.45) is 0 Å². The van der Waals surface area contributed by atoms with Gasteiger partial charge in [-0.1, -0.05) is 12.1 Å². The summed E-state index contributed by atoms with van der Waals surface area (Å²) in [6.45, 7) is 1.88. The first-order valence-electron chi connectivity index (χ1n) is 5.58. The summed E-state index contributed by atoms with van der Waals surface area (Å²) in [5.74, 6) is 0.766. The fourth-order valence-corrected chi connectivity index (χ4v) is 1.78. The maximum absolute atomic E-state index is 4.41. The van der Waals surface area contributed by atoms with E-state index in [-0.39, 0.29) is 0 Å². The number of rotatable bonds is 2. The highest BCUT2D eigenvalue weighted by molar-refractivity contribution is 5.61. The number of aryl methyl sites for hydroxylation is 1. The number of aromatic nitrogens is 5. The van der Waals surface area contributed by atoms with Crippen LogP contribution in [-0.2, 0) is 0 Å². The van der Waals surface area contributed by atoms with Gasteiger partial charge in [0, 0.05) is 17.4 Å². The standard InChI is InChI=1S/C13H11N5/c1-10-14-6-5-13(17-10)11-3-2-4-12(7-11)18-8-15-16-9-18/h2-9H,1H3. The third-order valence-electron chi connectivity index (χ3n) is 2.63. The molecule has 0 N–H and O–H groups in total. The molecule has 2 heterocycles. The Balaban J connectivity index is 2.06. The molecular weight excluding hydrogens is 226 g/mol. The summed E-state index contributed by atoms with van der Waals surface area (Å²) in [7, 11) is 0. The SMILES string of the molecule is Cc1nccc(-c2cccc(-n3cnnc3)c2)n1. The van der Waals surface area contributed by atoms with Gasteiger partial charge in [0.25, 0.3) is 0 Å². The summed E-state index contributed by atoms with van der Waals surface area (Å²) >= 11 is 0. The van der Waals surface area contributed by atoms with E-state index >= 15 is 0 Å². The third-order valence-corrected chi connectivity index (χ3v) is 2.63. The van der Waals surface area contributed by atoms with Gasteiger partial charge in [-0.05, 0) is 25.1 Å². The largest absolute Gasteiger partial charge is 0.288 e. The highest BCUT2D eigenvalue weighted by Gasteiger charge is 2.02. The van der Waals surface area contributed by atoms with Crippen molar-refractivity contribution in [3.8, 4) is 16.9 Å². The van der Waals surface area contributed by atoms with E-state index in [2.05, 4.69) is 20.2 Å². The molecule has 0 spiro atoms. The number of nitrogens with zero attached hydrogens (tertiary/aromatic N) is 5. The maximum Gasteiger partial charge on any atom is 0.125 e. The van der Waals surface area contributed by atoms with Gasteiger partial charge in [0.2, 0.25) is 0 Å². The molecular formula is C13H11N5. The highest BCUT2D eigenvalue weighted by Crippen LogP contribution is 2.19. The fraction of sp³-hybridized carbons (Fsp3) is 0.0769. The molecule has 0 bridgehead atoms. The van der Waals surface area contributed by atoms with E-state index in [4.69, 9.17) is 0 Å². The Morgan fingerprint density at radius 2 is 1.89 bits per heavy atom. The van der Waals surface area contributed by atoms with Crippen LogP contribution < -0.4 is 0 Å². The van der Waals surface area contributed by atoms with E-state index in [1.165, 1.54) is 0 Å². The second kappa shape index (κ2) is 4.37. The van der Waals surface area contributed by atoms with Crippen molar-refractivity contribution in [1.82, 2.24) is 24.7 Å². The van der Waals surface area contributed by atoms with Gasteiger partial charge < -0.3 is 0 Å². The van der Waals surface area contributed by atoms with Gasteiger partial charge in [-0.2, -0.15) is 0 Å². The van der Waals surface area contributed by atoms with Crippen LogP contribution >= 0.6 is 0 Å². The smallest absolute Gasteiger partial charge is 0.125 e. The average Bonchev–Trinajstić information content (AvgIpc) is 2.93. The van der Waals surface area contributed by atoms with Crippen LogP contribution in [0.1, 0.15) is 5.82 Å². The van der Waals surface area contributed by atoms with Crippen LogP contribution in [0.15, 0.2) is 49.2 Å². The summed E-state index contributed by atoms with van der Waals surface area (Å²) in [6.07, 6.45) is 5.11. The zero-order chi connectivity index (χ0) is 12.4.